The highest BCUT2D eigenvalue weighted by Crippen LogP contribution is 2.30. The van der Waals surface area contributed by atoms with Gasteiger partial charge in [-0.15, -0.1) is 0 Å². The summed E-state index contributed by atoms with van der Waals surface area (Å²) in [5.74, 6) is 1.29. The molecule has 0 spiro atoms. The standard InChI is InChI=1S/C11H15N3/c1-9(2)11(3)4-6-14-7-5-12-10(14)13-8-11/h4-9H,1-3H3. The van der Waals surface area contributed by atoms with Crippen LogP contribution < -0.4 is 0 Å². The lowest BCUT2D eigenvalue weighted by molar-refractivity contribution is 0.425. The molecule has 0 aliphatic carbocycles. The fraction of sp³-hybridized carbons (Fsp3) is 0.455. The van der Waals surface area contributed by atoms with Crippen LogP contribution in [0.2, 0.25) is 0 Å². The van der Waals surface area contributed by atoms with Crippen molar-refractivity contribution in [2.45, 2.75) is 20.8 Å². The molecule has 0 aromatic carbocycles. The van der Waals surface area contributed by atoms with Crippen LogP contribution in [0.15, 0.2) is 23.5 Å². The van der Waals surface area contributed by atoms with Crippen molar-refractivity contribution in [3.8, 4) is 0 Å². The molecule has 2 rings (SSSR count). The Bertz CT molecular complexity index is 356. The third-order valence-electron chi connectivity index (χ3n) is 2.94. The van der Waals surface area contributed by atoms with E-state index in [0.29, 0.717) is 5.92 Å². The van der Waals surface area contributed by atoms with Crippen LogP contribution in [-0.2, 0) is 0 Å². The van der Waals surface area contributed by atoms with Crippen molar-refractivity contribution in [3.05, 3.63) is 18.5 Å². The van der Waals surface area contributed by atoms with E-state index in [1.54, 1.807) is 6.20 Å². The first-order chi connectivity index (χ1) is 6.62. The Morgan fingerprint density at radius 1 is 1.43 bits per heavy atom. The molecule has 3 heteroatoms. The first-order valence-corrected chi connectivity index (χ1v) is 4.89. The zero-order chi connectivity index (χ0) is 10.2. The van der Waals surface area contributed by atoms with Crippen molar-refractivity contribution in [2.24, 2.45) is 16.3 Å². The molecule has 1 atom stereocenters. The second kappa shape index (κ2) is 3.08. The molecule has 0 radical (unpaired) electrons. The van der Waals surface area contributed by atoms with Crippen molar-refractivity contribution in [1.29, 1.82) is 0 Å². The molecule has 0 saturated carbocycles. The van der Waals surface area contributed by atoms with Gasteiger partial charge in [0.25, 0.3) is 0 Å². The average molecular weight is 189 g/mol. The minimum Gasteiger partial charge on any atom is -0.292 e. The summed E-state index contributed by atoms with van der Waals surface area (Å²) >= 11 is 0. The Morgan fingerprint density at radius 2 is 2.21 bits per heavy atom. The predicted octanol–water partition coefficient (Wildman–Crippen LogP) is 2.73. The molecule has 0 saturated heterocycles. The van der Waals surface area contributed by atoms with E-state index in [4.69, 9.17) is 0 Å². The van der Waals surface area contributed by atoms with E-state index in [2.05, 4.69) is 36.8 Å². The van der Waals surface area contributed by atoms with Gasteiger partial charge in [0.05, 0.1) is 0 Å². The lowest BCUT2D eigenvalue weighted by Gasteiger charge is -2.24. The highest BCUT2D eigenvalue weighted by molar-refractivity contribution is 5.73. The van der Waals surface area contributed by atoms with Crippen LogP contribution in [0.4, 0.5) is 5.95 Å². The van der Waals surface area contributed by atoms with Crippen molar-refractivity contribution in [2.75, 3.05) is 0 Å². The lowest BCUT2D eigenvalue weighted by Crippen LogP contribution is -2.21. The van der Waals surface area contributed by atoms with Gasteiger partial charge >= 0.3 is 0 Å². The highest BCUT2D eigenvalue weighted by Gasteiger charge is 2.24. The van der Waals surface area contributed by atoms with Gasteiger partial charge in [0.15, 0.2) is 0 Å². The molecule has 3 nitrogen and oxygen atoms in total. The Morgan fingerprint density at radius 3 is 2.93 bits per heavy atom. The summed E-state index contributed by atoms with van der Waals surface area (Å²) < 4.78 is 1.93. The number of allylic oxidation sites excluding steroid dienone is 1. The third-order valence-corrected chi connectivity index (χ3v) is 2.94. The predicted molar refractivity (Wildman–Crippen MR) is 58.7 cm³/mol. The molecule has 0 N–H and O–H groups in total. The molecule has 1 aliphatic heterocycles. The zero-order valence-electron chi connectivity index (χ0n) is 8.81. The van der Waals surface area contributed by atoms with Gasteiger partial charge < -0.3 is 0 Å². The molecule has 74 valence electrons. The first kappa shape index (κ1) is 9.19. The molecule has 2 heterocycles. The van der Waals surface area contributed by atoms with Gasteiger partial charge in [-0.25, -0.2) is 9.98 Å². The van der Waals surface area contributed by atoms with Gasteiger partial charge in [-0.05, 0) is 5.92 Å². The number of rotatable bonds is 1. The topological polar surface area (TPSA) is 30.2 Å². The smallest absolute Gasteiger partial charge is 0.233 e. The normalized spacial score (nSPS) is 25.1. The fourth-order valence-electron chi connectivity index (χ4n) is 1.34. The van der Waals surface area contributed by atoms with Gasteiger partial charge in [-0.1, -0.05) is 26.8 Å². The number of hydrogen-bond acceptors (Lipinski definition) is 2. The number of imidazole rings is 1. The lowest BCUT2D eigenvalue weighted by atomic mass is 9.80. The quantitative estimate of drug-likeness (QED) is 0.668. The van der Waals surface area contributed by atoms with Crippen molar-refractivity contribution in [1.82, 2.24) is 9.55 Å². The number of hydrogen-bond donors (Lipinski definition) is 0. The Hall–Kier alpha value is -1.38. The molecule has 0 fully saturated rings. The molecule has 1 aliphatic rings. The van der Waals surface area contributed by atoms with E-state index in [-0.39, 0.29) is 5.41 Å². The van der Waals surface area contributed by atoms with E-state index < -0.39 is 0 Å². The monoisotopic (exact) mass is 189 g/mol. The first-order valence-electron chi connectivity index (χ1n) is 4.89. The van der Waals surface area contributed by atoms with Crippen molar-refractivity contribution >= 4 is 18.4 Å². The second-order valence-corrected chi connectivity index (χ2v) is 4.23. The van der Waals surface area contributed by atoms with Crippen molar-refractivity contribution < 1.29 is 0 Å². The third kappa shape index (κ3) is 1.39. The van der Waals surface area contributed by atoms with Crippen LogP contribution in [0.3, 0.4) is 0 Å². The van der Waals surface area contributed by atoms with E-state index >= 15 is 0 Å². The average Bonchev–Trinajstić information content (AvgIpc) is 2.53. The molecule has 1 aromatic heterocycles. The maximum Gasteiger partial charge on any atom is 0.233 e. The molecule has 0 bridgehead atoms. The maximum atomic E-state index is 4.39. The zero-order valence-corrected chi connectivity index (χ0v) is 8.81. The molecule has 1 aromatic rings. The number of aliphatic imine (C=N–C) groups is 1. The second-order valence-electron chi connectivity index (χ2n) is 4.23. The minimum absolute atomic E-state index is 0.0285. The van der Waals surface area contributed by atoms with Gasteiger partial charge in [0.1, 0.15) is 0 Å². The molecular weight excluding hydrogens is 174 g/mol. The van der Waals surface area contributed by atoms with E-state index in [1.165, 1.54) is 0 Å². The van der Waals surface area contributed by atoms with E-state index in [9.17, 15) is 0 Å². The SMILES string of the molecule is CC(C)C1(C)C=Cn2ccnc2N=C1. The largest absolute Gasteiger partial charge is 0.292 e. The highest BCUT2D eigenvalue weighted by atomic mass is 15.2. The number of nitrogens with zero attached hydrogens (tertiary/aromatic N) is 3. The maximum absolute atomic E-state index is 4.39. The van der Waals surface area contributed by atoms with Crippen LogP contribution >= 0.6 is 0 Å². The van der Waals surface area contributed by atoms with E-state index in [0.717, 1.165) is 5.95 Å². The fourth-order valence-corrected chi connectivity index (χ4v) is 1.34. The van der Waals surface area contributed by atoms with Gasteiger partial charge in [0, 0.05) is 30.2 Å². The summed E-state index contributed by atoms with van der Waals surface area (Å²) in [5.41, 5.74) is 0.0285. The van der Waals surface area contributed by atoms with Gasteiger partial charge in [-0.2, -0.15) is 0 Å². The van der Waals surface area contributed by atoms with E-state index in [1.807, 2.05) is 23.2 Å². The summed E-state index contributed by atoms with van der Waals surface area (Å²) in [6.07, 6.45) is 9.87. The molecule has 1 unspecified atom stereocenters. The Labute approximate surface area is 84.2 Å². The van der Waals surface area contributed by atoms with Crippen LogP contribution in [0.5, 0.6) is 0 Å². The summed E-state index contributed by atoms with van der Waals surface area (Å²) in [6.45, 7) is 6.58. The van der Waals surface area contributed by atoms with Gasteiger partial charge in [0.2, 0.25) is 5.95 Å². The molecular formula is C11H15N3. The van der Waals surface area contributed by atoms with Crippen LogP contribution in [0.1, 0.15) is 20.8 Å². The minimum atomic E-state index is 0.0285. The number of fused-ring (bicyclic) bond motifs is 1. The Balaban J connectivity index is 2.42. The van der Waals surface area contributed by atoms with Crippen LogP contribution in [-0.4, -0.2) is 15.8 Å². The Kier molecular flexibility index (Phi) is 2.02. The van der Waals surface area contributed by atoms with Crippen molar-refractivity contribution in [3.63, 3.8) is 0 Å². The summed E-state index contributed by atoms with van der Waals surface area (Å²) in [4.78, 5) is 8.54. The van der Waals surface area contributed by atoms with Crippen LogP contribution in [0, 0.1) is 11.3 Å². The molecule has 0 amide bonds. The summed E-state index contributed by atoms with van der Waals surface area (Å²) in [6, 6.07) is 0. The molecule has 14 heavy (non-hydrogen) atoms. The summed E-state index contributed by atoms with van der Waals surface area (Å²) in [5, 5.41) is 0. The van der Waals surface area contributed by atoms with Gasteiger partial charge in [-0.3, -0.25) is 4.57 Å². The van der Waals surface area contributed by atoms with Crippen LogP contribution in [0.25, 0.3) is 6.20 Å². The summed E-state index contributed by atoms with van der Waals surface area (Å²) in [7, 11) is 0. The number of aromatic nitrogens is 2.